The van der Waals surface area contributed by atoms with Crippen molar-refractivity contribution in [1.29, 1.82) is 0 Å². The first-order valence-electron chi connectivity index (χ1n) is 4.28. The van der Waals surface area contributed by atoms with Crippen LogP contribution >= 0.6 is 11.8 Å². The van der Waals surface area contributed by atoms with E-state index in [1.807, 2.05) is 13.0 Å². The van der Waals surface area contributed by atoms with Gasteiger partial charge in [0, 0.05) is 24.2 Å². The molecule has 1 aliphatic rings. The van der Waals surface area contributed by atoms with E-state index in [0.717, 1.165) is 23.6 Å². The molecular formula is C9H11NO2S. The number of Topliss-reactive ketones (excluding diaryl/α,β-unsaturated/α-hetero) is 1. The zero-order valence-electron chi connectivity index (χ0n) is 7.45. The maximum atomic E-state index is 11.3. The number of aromatic nitrogens is 1. The third-order valence-electron chi connectivity index (χ3n) is 2.15. The number of carbonyl (C=O) groups is 1. The zero-order valence-corrected chi connectivity index (χ0v) is 8.26. The Bertz CT molecular complexity index is 321. The Labute approximate surface area is 80.9 Å². The highest BCUT2D eigenvalue weighted by molar-refractivity contribution is 8.00. The number of rotatable bonds is 2. The maximum Gasteiger partial charge on any atom is 0.147 e. The van der Waals surface area contributed by atoms with Gasteiger partial charge >= 0.3 is 0 Å². The molecule has 1 unspecified atom stereocenters. The first kappa shape index (κ1) is 8.81. The quantitative estimate of drug-likeness (QED) is 0.720. The summed E-state index contributed by atoms with van der Waals surface area (Å²) in [7, 11) is 0. The number of hydrogen-bond acceptors (Lipinski definition) is 4. The lowest BCUT2D eigenvalue weighted by molar-refractivity contribution is -0.119. The number of thioether (sulfide) groups is 1. The molecule has 13 heavy (non-hydrogen) atoms. The standard InChI is InChI=1S/C9H11NO2S/c1-6-2-8(10-12-6)3-7-4-13-5-9(7)11/h2,7H,3-5H2,1H3. The minimum Gasteiger partial charge on any atom is -0.361 e. The van der Waals surface area contributed by atoms with Gasteiger partial charge in [0.1, 0.15) is 11.5 Å². The van der Waals surface area contributed by atoms with Gasteiger partial charge in [0.05, 0.1) is 11.4 Å². The highest BCUT2D eigenvalue weighted by atomic mass is 32.2. The monoisotopic (exact) mass is 197 g/mol. The number of hydrogen-bond donors (Lipinski definition) is 0. The molecule has 2 heterocycles. The van der Waals surface area contributed by atoms with E-state index >= 15 is 0 Å². The molecule has 2 rings (SSSR count). The number of nitrogens with zero attached hydrogens (tertiary/aromatic N) is 1. The molecule has 4 heteroatoms. The summed E-state index contributed by atoms with van der Waals surface area (Å²) >= 11 is 1.71. The summed E-state index contributed by atoms with van der Waals surface area (Å²) in [6.45, 7) is 1.86. The van der Waals surface area contributed by atoms with Gasteiger partial charge in [0.15, 0.2) is 0 Å². The first-order chi connectivity index (χ1) is 6.25. The summed E-state index contributed by atoms with van der Waals surface area (Å²) < 4.78 is 4.94. The van der Waals surface area contributed by atoms with E-state index in [-0.39, 0.29) is 5.92 Å². The SMILES string of the molecule is Cc1cc(CC2CSCC2=O)no1. The van der Waals surface area contributed by atoms with Crippen LogP contribution in [0.4, 0.5) is 0 Å². The van der Waals surface area contributed by atoms with Crippen LogP contribution in [0.5, 0.6) is 0 Å². The van der Waals surface area contributed by atoms with E-state index < -0.39 is 0 Å². The summed E-state index contributed by atoms with van der Waals surface area (Å²) in [5, 5.41) is 3.88. The molecule has 0 amide bonds. The Morgan fingerprint density at radius 1 is 1.77 bits per heavy atom. The zero-order chi connectivity index (χ0) is 9.26. The van der Waals surface area contributed by atoms with Crippen LogP contribution in [0.3, 0.4) is 0 Å². The highest BCUT2D eigenvalue weighted by Crippen LogP contribution is 2.23. The van der Waals surface area contributed by atoms with Gasteiger partial charge in [-0.15, -0.1) is 0 Å². The average molecular weight is 197 g/mol. The summed E-state index contributed by atoms with van der Waals surface area (Å²) in [6, 6.07) is 1.90. The summed E-state index contributed by atoms with van der Waals surface area (Å²) in [5.74, 6) is 2.93. The van der Waals surface area contributed by atoms with Crippen LogP contribution in [0, 0.1) is 12.8 Å². The van der Waals surface area contributed by atoms with Crippen molar-refractivity contribution in [3.8, 4) is 0 Å². The third kappa shape index (κ3) is 1.94. The van der Waals surface area contributed by atoms with Crippen molar-refractivity contribution in [2.45, 2.75) is 13.3 Å². The van der Waals surface area contributed by atoms with Crippen molar-refractivity contribution in [3.63, 3.8) is 0 Å². The predicted molar refractivity (Wildman–Crippen MR) is 50.8 cm³/mol. The lowest BCUT2D eigenvalue weighted by Crippen LogP contribution is -2.14. The molecule has 1 atom stereocenters. The molecule has 1 fully saturated rings. The number of carbonyl (C=O) groups excluding carboxylic acids is 1. The Morgan fingerprint density at radius 2 is 2.62 bits per heavy atom. The second-order valence-electron chi connectivity index (χ2n) is 3.31. The molecule has 0 aliphatic carbocycles. The molecule has 0 saturated carbocycles. The fourth-order valence-electron chi connectivity index (χ4n) is 1.45. The fraction of sp³-hybridized carbons (Fsp3) is 0.556. The molecule has 3 nitrogen and oxygen atoms in total. The van der Waals surface area contributed by atoms with E-state index in [9.17, 15) is 4.79 Å². The third-order valence-corrected chi connectivity index (χ3v) is 3.28. The largest absolute Gasteiger partial charge is 0.361 e. The molecule has 1 aromatic heterocycles. The number of aryl methyl sites for hydroxylation is 1. The van der Waals surface area contributed by atoms with Crippen LogP contribution in [0.1, 0.15) is 11.5 Å². The first-order valence-corrected chi connectivity index (χ1v) is 5.44. The molecule has 1 aliphatic heterocycles. The molecule has 1 aromatic rings. The van der Waals surface area contributed by atoms with Crippen molar-refractivity contribution in [1.82, 2.24) is 5.16 Å². The van der Waals surface area contributed by atoms with E-state index in [1.54, 1.807) is 11.8 Å². The molecule has 1 saturated heterocycles. The van der Waals surface area contributed by atoms with Crippen LogP contribution < -0.4 is 0 Å². The molecule has 0 aromatic carbocycles. The van der Waals surface area contributed by atoms with Gasteiger partial charge in [-0.25, -0.2) is 0 Å². The second kappa shape index (κ2) is 3.54. The normalized spacial score (nSPS) is 22.5. The summed E-state index contributed by atoms with van der Waals surface area (Å²) in [5.41, 5.74) is 0.901. The molecule has 0 radical (unpaired) electrons. The lowest BCUT2D eigenvalue weighted by atomic mass is 10.0. The minimum absolute atomic E-state index is 0.162. The smallest absolute Gasteiger partial charge is 0.147 e. The average Bonchev–Trinajstić information content (AvgIpc) is 2.64. The van der Waals surface area contributed by atoms with Crippen LogP contribution in [0.25, 0.3) is 0 Å². The Morgan fingerprint density at radius 3 is 3.15 bits per heavy atom. The van der Waals surface area contributed by atoms with Crippen LogP contribution in [0.2, 0.25) is 0 Å². The van der Waals surface area contributed by atoms with E-state index in [2.05, 4.69) is 5.16 Å². The fourth-order valence-corrected chi connectivity index (χ4v) is 2.59. The van der Waals surface area contributed by atoms with Gasteiger partial charge in [-0.2, -0.15) is 11.8 Å². The van der Waals surface area contributed by atoms with Crippen molar-refractivity contribution in [3.05, 3.63) is 17.5 Å². The van der Waals surface area contributed by atoms with Crippen LogP contribution in [-0.2, 0) is 11.2 Å². The topological polar surface area (TPSA) is 43.1 Å². The van der Waals surface area contributed by atoms with E-state index in [1.165, 1.54) is 0 Å². The van der Waals surface area contributed by atoms with E-state index in [0.29, 0.717) is 11.5 Å². The maximum absolute atomic E-state index is 11.3. The minimum atomic E-state index is 0.162. The van der Waals surface area contributed by atoms with Gasteiger partial charge < -0.3 is 4.52 Å². The highest BCUT2D eigenvalue weighted by Gasteiger charge is 2.25. The lowest BCUT2D eigenvalue weighted by Gasteiger charge is -2.01. The summed E-state index contributed by atoms with van der Waals surface area (Å²) in [4.78, 5) is 11.3. The van der Waals surface area contributed by atoms with Gasteiger partial charge in [-0.3, -0.25) is 4.79 Å². The van der Waals surface area contributed by atoms with Crippen molar-refractivity contribution >= 4 is 17.5 Å². The Kier molecular flexibility index (Phi) is 2.40. The van der Waals surface area contributed by atoms with Crippen molar-refractivity contribution < 1.29 is 9.32 Å². The van der Waals surface area contributed by atoms with Gasteiger partial charge in [0.25, 0.3) is 0 Å². The Hall–Kier alpha value is -0.770. The van der Waals surface area contributed by atoms with Crippen LogP contribution in [0.15, 0.2) is 10.6 Å². The Balaban J connectivity index is 2.01. The van der Waals surface area contributed by atoms with Gasteiger partial charge in [-0.1, -0.05) is 5.16 Å². The van der Waals surface area contributed by atoms with Crippen molar-refractivity contribution in [2.24, 2.45) is 5.92 Å². The molecular weight excluding hydrogens is 186 g/mol. The van der Waals surface area contributed by atoms with Crippen molar-refractivity contribution in [2.75, 3.05) is 11.5 Å². The molecule has 0 bridgehead atoms. The molecule has 0 N–H and O–H groups in total. The number of ketones is 1. The molecule has 0 spiro atoms. The summed E-state index contributed by atoms with van der Waals surface area (Å²) in [6.07, 6.45) is 0.739. The molecule has 70 valence electrons. The van der Waals surface area contributed by atoms with Gasteiger partial charge in [-0.05, 0) is 6.92 Å². The second-order valence-corrected chi connectivity index (χ2v) is 4.34. The van der Waals surface area contributed by atoms with E-state index in [4.69, 9.17) is 4.52 Å². The van der Waals surface area contributed by atoms with Crippen LogP contribution in [-0.4, -0.2) is 22.4 Å². The predicted octanol–water partition coefficient (Wildman–Crippen LogP) is 1.46. The van der Waals surface area contributed by atoms with Gasteiger partial charge in [0.2, 0.25) is 0 Å².